The third-order valence-corrected chi connectivity index (χ3v) is 2.61. The van der Waals surface area contributed by atoms with Gasteiger partial charge in [0.1, 0.15) is 0 Å². The monoisotopic (exact) mass is 212 g/mol. The van der Waals surface area contributed by atoms with Gasteiger partial charge in [0.05, 0.1) is 11.5 Å². The number of carboxylic acid groups (broad SMARTS) is 1. The van der Waals surface area contributed by atoms with Crippen LogP contribution in [0, 0.1) is 11.3 Å². The van der Waals surface area contributed by atoms with Gasteiger partial charge in [-0.15, -0.1) is 0 Å². The molecule has 4 nitrogen and oxygen atoms in total. The molecule has 0 saturated heterocycles. The molecule has 2 atom stereocenters. The van der Waals surface area contributed by atoms with E-state index >= 15 is 0 Å². The molecule has 15 heavy (non-hydrogen) atoms. The normalized spacial score (nSPS) is 29.5. The van der Waals surface area contributed by atoms with Crippen LogP contribution in [0.3, 0.4) is 0 Å². The van der Waals surface area contributed by atoms with E-state index in [1.165, 1.54) is 6.08 Å². The van der Waals surface area contributed by atoms with Crippen LogP contribution in [-0.4, -0.2) is 23.1 Å². The second kappa shape index (κ2) is 4.04. The van der Waals surface area contributed by atoms with Crippen molar-refractivity contribution in [3.05, 3.63) is 12.2 Å². The third kappa shape index (κ3) is 2.81. The predicted molar refractivity (Wildman–Crippen MR) is 54.2 cm³/mol. The molecule has 0 spiro atoms. The molecule has 1 N–H and O–H groups in total. The van der Waals surface area contributed by atoms with Crippen molar-refractivity contribution in [2.24, 2.45) is 11.3 Å². The standard InChI is InChI=1S/C11H16O4/c1-7(2)15-9(12)5-4-8-6-11(8,3)10(13)14/h4-5,7-8H,6H2,1-3H3,(H,13,14). The Kier molecular flexibility index (Phi) is 3.17. The van der Waals surface area contributed by atoms with E-state index in [2.05, 4.69) is 0 Å². The number of carbonyl (C=O) groups excluding carboxylic acids is 1. The van der Waals surface area contributed by atoms with Crippen molar-refractivity contribution < 1.29 is 19.4 Å². The maximum Gasteiger partial charge on any atom is 0.330 e. The van der Waals surface area contributed by atoms with Crippen LogP contribution >= 0.6 is 0 Å². The molecule has 4 heteroatoms. The second-order valence-electron chi connectivity index (χ2n) is 4.38. The molecule has 1 rings (SSSR count). The Morgan fingerprint density at radius 3 is 2.53 bits per heavy atom. The molecule has 0 aromatic carbocycles. The van der Waals surface area contributed by atoms with Gasteiger partial charge >= 0.3 is 11.9 Å². The van der Waals surface area contributed by atoms with Crippen LogP contribution in [0.15, 0.2) is 12.2 Å². The summed E-state index contributed by atoms with van der Waals surface area (Å²) in [5.41, 5.74) is -0.686. The van der Waals surface area contributed by atoms with Crippen molar-refractivity contribution in [1.82, 2.24) is 0 Å². The van der Waals surface area contributed by atoms with Crippen LogP contribution in [0.25, 0.3) is 0 Å². The molecule has 84 valence electrons. The summed E-state index contributed by atoms with van der Waals surface area (Å²) in [5.74, 6) is -1.27. The number of hydrogen-bond donors (Lipinski definition) is 1. The Balaban J connectivity index is 2.42. The first-order valence-corrected chi connectivity index (χ1v) is 4.98. The molecule has 1 aliphatic rings. The minimum absolute atomic E-state index is 0.0466. The summed E-state index contributed by atoms with van der Waals surface area (Å²) in [6.07, 6.45) is 3.39. The average Bonchev–Trinajstić information content (AvgIpc) is 2.74. The lowest BCUT2D eigenvalue weighted by atomic mass is 10.1. The fraction of sp³-hybridized carbons (Fsp3) is 0.636. The van der Waals surface area contributed by atoms with Crippen molar-refractivity contribution >= 4 is 11.9 Å². The SMILES string of the molecule is CC(C)OC(=O)C=CC1CC1(C)C(=O)O. The maximum atomic E-state index is 11.1. The van der Waals surface area contributed by atoms with E-state index in [1.807, 2.05) is 0 Å². The van der Waals surface area contributed by atoms with Gasteiger partial charge in [0.15, 0.2) is 0 Å². The lowest BCUT2D eigenvalue weighted by Crippen LogP contribution is -2.12. The molecule has 1 saturated carbocycles. The minimum Gasteiger partial charge on any atom is -0.481 e. The summed E-state index contributed by atoms with van der Waals surface area (Å²) in [6, 6.07) is 0. The quantitative estimate of drug-likeness (QED) is 0.568. The zero-order valence-corrected chi connectivity index (χ0v) is 9.19. The largest absolute Gasteiger partial charge is 0.481 e. The third-order valence-electron chi connectivity index (χ3n) is 2.61. The molecule has 2 unspecified atom stereocenters. The molecule has 0 amide bonds. The van der Waals surface area contributed by atoms with Crippen LogP contribution in [0.5, 0.6) is 0 Å². The average molecular weight is 212 g/mol. The first kappa shape index (κ1) is 11.8. The molecule has 1 fully saturated rings. The van der Waals surface area contributed by atoms with Gasteiger partial charge < -0.3 is 9.84 Å². The van der Waals surface area contributed by atoms with Gasteiger partial charge in [0.2, 0.25) is 0 Å². The van der Waals surface area contributed by atoms with E-state index in [1.54, 1.807) is 26.8 Å². The van der Waals surface area contributed by atoms with E-state index in [-0.39, 0.29) is 12.0 Å². The van der Waals surface area contributed by atoms with Crippen LogP contribution in [-0.2, 0) is 14.3 Å². The summed E-state index contributed by atoms with van der Waals surface area (Å²) < 4.78 is 4.88. The molecular formula is C11H16O4. The molecule has 1 aliphatic carbocycles. The summed E-state index contributed by atoms with van der Waals surface area (Å²) in [5, 5.41) is 8.84. The van der Waals surface area contributed by atoms with E-state index in [9.17, 15) is 9.59 Å². The van der Waals surface area contributed by atoms with Gasteiger partial charge in [-0.05, 0) is 33.1 Å². The van der Waals surface area contributed by atoms with Gasteiger partial charge in [-0.3, -0.25) is 4.79 Å². The Labute approximate surface area is 88.9 Å². The van der Waals surface area contributed by atoms with Gasteiger partial charge in [0.25, 0.3) is 0 Å². The van der Waals surface area contributed by atoms with Gasteiger partial charge in [-0.25, -0.2) is 4.79 Å². The number of allylic oxidation sites excluding steroid dienone is 1. The fourth-order valence-electron chi connectivity index (χ4n) is 1.39. The highest BCUT2D eigenvalue weighted by atomic mass is 16.5. The zero-order chi connectivity index (χ0) is 11.6. The number of ether oxygens (including phenoxy) is 1. The van der Waals surface area contributed by atoms with Crippen molar-refractivity contribution in [2.75, 3.05) is 0 Å². The number of carbonyl (C=O) groups is 2. The van der Waals surface area contributed by atoms with Gasteiger partial charge in [0, 0.05) is 6.08 Å². The second-order valence-corrected chi connectivity index (χ2v) is 4.38. The summed E-state index contributed by atoms with van der Waals surface area (Å²) in [6.45, 7) is 5.21. The lowest BCUT2D eigenvalue weighted by Gasteiger charge is -2.04. The van der Waals surface area contributed by atoms with Crippen LogP contribution < -0.4 is 0 Å². The number of aliphatic carboxylic acids is 1. The molecule has 0 heterocycles. The molecule has 0 bridgehead atoms. The Bertz CT molecular complexity index is 306. The Morgan fingerprint density at radius 1 is 1.53 bits per heavy atom. The summed E-state index contributed by atoms with van der Waals surface area (Å²) >= 11 is 0. The topological polar surface area (TPSA) is 63.6 Å². The molecule has 0 radical (unpaired) electrons. The fourth-order valence-corrected chi connectivity index (χ4v) is 1.39. The number of esters is 1. The Morgan fingerprint density at radius 2 is 2.13 bits per heavy atom. The lowest BCUT2D eigenvalue weighted by molar-refractivity contribution is -0.143. The Hall–Kier alpha value is -1.32. The predicted octanol–water partition coefficient (Wildman–Crippen LogP) is 1.60. The highest BCUT2D eigenvalue weighted by Gasteiger charge is 2.54. The minimum atomic E-state index is -0.811. The maximum absolute atomic E-state index is 11.1. The number of hydrogen-bond acceptors (Lipinski definition) is 3. The smallest absolute Gasteiger partial charge is 0.330 e. The van der Waals surface area contributed by atoms with Gasteiger partial charge in [-0.1, -0.05) is 6.08 Å². The van der Waals surface area contributed by atoms with E-state index in [0.29, 0.717) is 6.42 Å². The van der Waals surface area contributed by atoms with Crippen LogP contribution in [0.1, 0.15) is 27.2 Å². The number of carboxylic acids is 1. The van der Waals surface area contributed by atoms with Crippen molar-refractivity contribution in [3.8, 4) is 0 Å². The highest BCUT2D eigenvalue weighted by molar-refractivity contribution is 5.83. The molecular weight excluding hydrogens is 196 g/mol. The zero-order valence-electron chi connectivity index (χ0n) is 9.19. The number of rotatable bonds is 4. The van der Waals surface area contributed by atoms with Crippen LogP contribution in [0.4, 0.5) is 0 Å². The summed E-state index contributed by atoms with van der Waals surface area (Å²) in [7, 11) is 0. The van der Waals surface area contributed by atoms with E-state index < -0.39 is 17.4 Å². The summed E-state index contributed by atoms with van der Waals surface area (Å²) in [4.78, 5) is 21.9. The molecule has 0 aromatic heterocycles. The molecule has 0 aliphatic heterocycles. The first-order valence-electron chi connectivity index (χ1n) is 4.98. The van der Waals surface area contributed by atoms with Crippen molar-refractivity contribution in [3.63, 3.8) is 0 Å². The molecule has 0 aromatic rings. The van der Waals surface area contributed by atoms with Crippen molar-refractivity contribution in [1.29, 1.82) is 0 Å². The van der Waals surface area contributed by atoms with Gasteiger partial charge in [-0.2, -0.15) is 0 Å². The van der Waals surface area contributed by atoms with Crippen LogP contribution in [0.2, 0.25) is 0 Å². The van der Waals surface area contributed by atoms with E-state index in [0.717, 1.165) is 0 Å². The van der Waals surface area contributed by atoms with E-state index in [4.69, 9.17) is 9.84 Å². The highest BCUT2D eigenvalue weighted by Crippen LogP contribution is 2.53. The van der Waals surface area contributed by atoms with Crippen molar-refractivity contribution in [2.45, 2.75) is 33.3 Å². The first-order chi connectivity index (χ1) is 6.86.